The predicted octanol–water partition coefficient (Wildman–Crippen LogP) is 3.85. The number of hydrogen-bond acceptors (Lipinski definition) is 5. The molecule has 1 aliphatic heterocycles. The molecule has 1 aliphatic rings. The number of thiophene rings is 1. The first kappa shape index (κ1) is 17.1. The molecule has 0 saturated carbocycles. The Hall–Kier alpha value is -1.69. The van der Waals surface area contributed by atoms with E-state index in [4.69, 9.17) is 0 Å². The summed E-state index contributed by atoms with van der Waals surface area (Å²) in [7, 11) is 0. The number of amides is 1. The molecule has 1 saturated heterocycles. The smallest absolute Gasteiger partial charge is 0.224 e. The van der Waals surface area contributed by atoms with Gasteiger partial charge in [-0.2, -0.15) is 0 Å². The van der Waals surface area contributed by atoms with E-state index >= 15 is 0 Å². The van der Waals surface area contributed by atoms with Crippen molar-refractivity contribution in [1.29, 1.82) is 0 Å². The highest BCUT2D eigenvalue weighted by molar-refractivity contribution is 7.18. The molecule has 3 heterocycles. The van der Waals surface area contributed by atoms with Crippen molar-refractivity contribution in [3.63, 3.8) is 0 Å². The third-order valence-electron chi connectivity index (χ3n) is 4.78. The number of fused-ring (bicyclic) bond motifs is 1. The van der Waals surface area contributed by atoms with E-state index in [9.17, 15) is 4.79 Å². The molecule has 0 aromatic carbocycles. The van der Waals surface area contributed by atoms with Crippen LogP contribution >= 0.6 is 11.3 Å². The largest absolute Gasteiger partial charge is 0.369 e. The van der Waals surface area contributed by atoms with Crippen LogP contribution in [0.4, 0.5) is 5.82 Å². The highest BCUT2D eigenvalue weighted by Crippen LogP contribution is 2.28. The Kier molecular flexibility index (Phi) is 5.66. The van der Waals surface area contributed by atoms with Crippen molar-refractivity contribution in [3.05, 3.63) is 17.3 Å². The molecule has 1 fully saturated rings. The van der Waals surface area contributed by atoms with Crippen LogP contribution in [-0.2, 0) is 11.2 Å². The fraction of sp³-hybridized carbons (Fsp3) is 0.611. The number of aryl methyl sites for hydroxylation is 1. The summed E-state index contributed by atoms with van der Waals surface area (Å²) in [6.45, 7) is 5.86. The van der Waals surface area contributed by atoms with Gasteiger partial charge in [-0.15, -0.1) is 11.3 Å². The summed E-state index contributed by atoms with van der Waals surface area (Å²) < 4.78 is 0. The number of rotatable bonds is 6. The lowest BCUT2D eigenvalue weighted by Gasteiger charge is -2.35. The van der Waals surface area contributed by atoms with E-state index in [0.717, 1.165) is 48.3 Å². The maximum Gasteiger partial charge on any atom is 0.224 e. The van der Waals surface area contributed by atoms with Gasteiger partial charge in [-0.25, -0.2) is 9.97 Å². The molecule has 0 bridgehead atoms. The van der Waals surface area contributed by atoms with Crippen molar-refractivity contribution >= 4 is 33.3 Å². The zero-order valence-corrected chi connectivity index (χ0v) is 15.4. The maximum atomic E-state index is 12.5. The molecule has 1 unspecified atom stereocenters. The summed E-state index contributed by atoms with van der Waals surface area (Å²) >= 11 is 1.71. The maximum absolute atomic E-state index is 12.5. The standard InChI is InChI=1S/C18H26N4OS/c1-3-13-7-5-6-10-22(13)16(23)8-9-19-17-15-11-14(4-2)24-18(15)21-12-20-17/h11-13H,3-10H2,1-2H3,(H,19,20,21). The van der Waals surface area contributed by atoms with E-state index in [2.05, 4.69) is 40.1 Å². The van der Waals surface area contributed by atoms with Gasteiger partial charge in [0.1, 0.15) is 17.0 Å². The first-order valence-corrected chi connectivity index (χ1v) is 9.81. The molecular weight excluding hydrogens is 320 g/mol. The molecule has 2 aromatic heterocycles. The van der Waals surface area contributed by atoms with Crippen LogP contribution in [0.5, 0.6) is 0 Å². The quantitative estimate of drug-likeness (QED) is 0.863. The van der Waals surface area contributed by atoms with Gasteiger partial charge in [0.15, 0.2) is 0 Å². The average molecular weight is 346 g/mol. The molecule has 0 aliphatic carbocycles. The number of carbonyl (C=O) groups is 1. The fourth-order valence-corrected chi connectivity index (χ4v) is 4.34. The van der Waals surface area contributed by atoms with E-state index < -0.39 is 0 Å². The van der Waals surface area contributed by atoms with Gasteiger partial charge >= 0.3 is 0 Å². The topological polar surface area (TPSA) is 58.1 Å². The van der Waals surface area contributed by atoms with Crippen molar-refractivity contribution in [1.82, 2.24) is 14.9 Å². The third kappa shape index (κ3) is 3.69. The van der Waals surface area contributed by atoms with E-state index in [1.54, 1.807) is 17.7 Å². The van der Waals surface area contributed by atoms with Gasteiger partial charge in [0.25, 0.3) is 0 Å². The minimum atomic E-state index is 0.263. The molecule has 130 valence electrons. The molecule has 1 atom stereocenters. The number of hydrogen-bond donors (Lipinski definition) is 1. The Morgan fingerprint density at radius 3 is 3.04 bits per heavy atom. The van der Waals surface area contributed by atoms with Gasteiger partial charge in [0.2, 0.25) is 5.91 Å². The Bertz CT molecular complexity index is 699. The molecule has 3 rings (SSSR count). The highest BCUT2D eigenvalue weighted by atomic mass is 32.1. The second-order valence-corrected chi connectivity index (χ2v) is 7.44. The van der Waals surface area contributed by atoms with Crippen molar-refractivity contribution in [2.24, 2.45) is 0 Å². The molecule has 1 N–H and O–H groups in total. The first-order chi connectivity index (χ1) is 11.7. The van der Waals surface area contributed by atoms with E-state index in [1.807, 2.05) is 0 Å². The fourth-order valence-electron chi connectivity index (χ4n) is 3.41. The van der Waals surface area contributed by atoms with Crippen molar-refractivity contribution in [3.8, 4) is 0 Å². The molecule has 24 heavy (non-hydrogen) atoms. The van der Waals surface area contributed by atoms with Crippen LogP contribution in [0.15, 0.2) is 12.4 Å². The lowest BCUT2D eigenvalue weighted by atomic mass is 9.99. The summed E-state index contributed by atoms with van der Waals surface area (Å²) in [6, 6.07) is 2.59. The van der Waals surface area contributed by atoms with Gasteiger partial charge in [0, 0.05) is 30.4 Å². The summed E-state index contributed by atoms with van der Waals surface area (Å²) in [4.78, 5) is 25.6. The minimum absolute atomic E-state index is 0.263. The van der Waals surface area contributed by atoms with E-state index in [1.165, 1.54) is 11.3 Å². The van der Waals surface area contributed by atoms with Gasteiger partial charge in [-0.3, -0.25) is 4.79 Å². The van der Waals surface area contributed by atoms with Crippen LogP contribution in [0.1, 0.15) is 50.8 Å². The number of nitrogens with one attached hydrogen (secondary N) is 1. The monoisotopic (exact) mass is 346 g/mol. The number of aromatic nitrogens is 2. The number of likely N-dealkylation sites (tertiary alicyclic amines) is 1. The van der Waals surface area contributed by atoms with Crippen molar-refractivity contribution < 1.29 is 4.79 Å². The summed E-state index contributed by atoms with van der Waals surface area (Å²) in [5.41, 5.74) is 0. The zero-order chi connectivity index (χ0) is 16.9. The van der Waals surface area contributed by atoms with Crippen LogP contribution in [-0.4, -0.2) is 39.9 Å². The molecule has 2 aromatic rings. The Balaban J connectivity index is 1.60. The normalized spacial score (nSPS) is 18.1. The van der Waals surface area contributed by atoms with Gasteiger partial charge in [0.05, 0.1) is 5.39 Å². The summed E-state index contributed by atoms with van der Waals surface area (Å²) in [5.74, 6) is 1.10. The Morgan fingerprint density at radius 2 is 2.25 bits per heavy atom. The first-order valence-electron chi connectivity index (χ1n) is 8.99. The lowest BCUT2D eigenvalue weighted by Crippen LogP contribution is -2.43. The van der Waals surface area contributed by atoms with Gasteiger partial charge in [-0.1, -0.05) is 13.8 Å². The van der Waals surface area contributed by atoms with Gasteiger partial charge in [-0.05, 0) is 38.2 Å². The molecule has 1 amide bonds. The number of piperidine rings is 1. The van der Waals surface area contributed by atoms with E-state index in [-0.39, 0.29) is 5.91 Å². The molecular formula is C18H26N4OS. The van der Waals surface area contributed by atoms with Crippen LogP contribution in [0.25, 0.3) is 10.2 Å². The van der Waals surface area contributed by atoms with E-state index in [0.29, 0.717) is 19.0 Å². The predicted molar refractivity (Wildman–Crippen MR) is 99.5 cm³/mol. The second-order valence-electron chi connectivity index (χ2n) is 6.33. The highest BCUT2D eigenvalue weighted by Gasteiger charge is 2.24. The summed E-state index contributed by atoms with van der Waals surface area (Å²) in [6.07, 6.45) is 7.71. The minimum Gasteiger partial charge on any atom is -0.369 e. The number of nitrogens with zero attached hydrogens (tertiary/aromatic N) is 3. The zero-order valence-electron chi connectivity index (χ0n) is 14.5. The number of anilines is 1. The van der Waals surface area contributed by atoms with Crippen LogP contribution < -0.4 is 5.32 Å². The lowest BCUT2D eigenvalue weighted by molar-refractivity contribution is -0.134. The molecule has 0 radical (unpaired) electrons. The Morgan fingerprint density at radius 1 is 1.38 bits per heavy atom. The van der Waals surface area contributed by atoms with Crippen molar-refractivity contribution in [2.45, 2.75) is 58.4 Å². The second kappa shape index (κ2) is 7.92. The molecule has 5 nitrogen and oxygen atoms in total. The van der Waals surface area contributed by atoms with Gasteiger partial charge < -0.3 is 10.2 Å². The van der Waals surface area contributed by atoms with Crippen LogP contribution in [0.2, 0.25) is 0 Å². The van der Waals surface area contributed by atoms with Crippen molar-refractivity contribution in [2.75, 3.05) is 18.4 Å². The van der Waals surface area contributed by atoms with Crippen LogP contribution in [0.3, 0.4) is 0 Å². The average Bonchev–Trinajstić information content (AvgIpc) is 3.05. The SMILES string of the molecule is CCc1cc2c(NCCC(=O)N3CCCCC3CC)ncnc2s1. The summed E-state index contributed by atoms with van der Waals surface area (Å²) in [5, 5.41) is 4.40. The Labute approximate surface area is 147 Å². The molecule has 0 spiro atoms. The number of carbonyl (C=O) groups excluding carboxylic acids is 1. The van der Waals surface area contributed by atoms with Crippen LogP contribution in [0, 0.1) is 0 Å². The molecule has 6 heteroatoms. The third-order valence-corrected chi connectivity index (χ3v) is 5.97.